The van der Waals surface area contributed by atoms with Crippen molar-refractivity contribution in [1.82, 2.24) is 10.2 Å². The monoisotopic (exact) mass is 485 g/mol. The molecule has 0 spiro atoms. The number of hydrogen-bond donors (Lipinski definition) is 1. The zero-order chi connectivity index (χ0) is 26.4. The van der Waals surface area contributed by atoms with E-state index >= 15 is 0 Å². The highest BCUT2D eigenvalue weighted by Crippen LogP contribution is 2.33. The number of esters is 1. The smallest absolute Gasteiger partial charge is 0.413 e. The van der Waals surface area contributed by atoms with E-state index in [9.17, 15) is 14.4 Å². The van der Waals surface area contributed by atoms with Gasteiger partial charge in [0.05, 0.1) is 18.2 Å². The highest BCUT2D eigenvalue weighted by molar-refractivity contribution is 6.08. The van der Waals surface area contributed by atoms with Crippen molar-refractivity contribution in [3.05, 3.63) is 34.9 Å². The van der Waals surface area contributed by atoms with Gasteiger partial charge in [0.1, 0.15) is 11.4 Å². The van der Waals surface area contributed by atoms with Crippen molar-refractivity contribution < 1.29 is 23.9 Å². The van der Waals surface area contributed by atoms with Crippen molar-refractivity contribution in [3.8, 4) is 0 Å². The molecule has 0 radical (unpaired) electrons. The number of ether oxygens (including phenoxy) is 2. The van der Waals surface area contributed by atoms with Gasteiger partial charge in [0.15, 0.2) is 0 Å². The van der Waals surface area contributed by atoms with Crippen LogP contribution in [0.2, 0.25) is 0 Å². The zero-order valence-electron chi connectivity index (χ0n) is 22.3. The summed E-state index contributed by atoms with van der Waals surface area (Å²) < 4.78 is 10.4. The summed E-state index contributed by atoms with van der Waals surface area (Å²) in [5.74, 6) is -0.152. The third-order valence-corrected chi connectivity index (χ3v) is 5.59. The largest absolute Gasteiger partial charge is 0.468 e. The molecular weight excluding hydrogens is 446 g/mol. The molecule has 0 bridgehead atoms. The molecule has 2 amide bonds. The van der Waals surface area contributed by atoms with E-state index in [-0.39, 0.29) is 18.3 Å². The summed E-state index contributed by atoms with van der Waals surface area (Å²) >= 11 is 0. The topological polar surface area (TPSA) is 97.3 Å². The molecule has 1 N–H and O–H groups in total. The molecule has 0 atom stereocenters. The zero-order valence-corrected chi connectivity index (χ0v) is 22.3. The molecule has 1 aliphatic rings. The van der Waals surface area contributed by atoms with Gasteiger partial charge in [-0.3, -0.25) is 14.9 Å². The molecule has 0 saturated carbocycles. The Hall–Kier alpha value is -3.16. The van der Waals surface area contributed by atoms with Gasteiger partial charge in [-0.05, 0) is 65.2 Å². The number of nitrogens with zero attached hydrogens (tertiary/aromatic N) is 2. The fourth-order valence-electron chi connectivity index (χ4n) is 3.82. The lowest BCUT2D eigenvalue weighted by Crippen LogP contribution is -2.38. The number of hydrogen-bond acceptors (Lipinski definition) is 6. The average Bonchev–Trinajstić information content (AvgIpc) is 2.94. The minimum atomic E-state index is -0.897. The van der Waals surface area contributed by atoms with Gasteiger partial charge in [-0.1, -0.05) is 26.0 Å². The third kappa shape index (κ3) is 7.41. The van der Waals surface area contributed by atoms with Crippen LogP contribution in [0.4, 0.5) is 10.5 Å². The summed E-state index contributed by atoms with van der Waals surface area (Å²) in [4.78, 5) is 44.9. The molecule has 1 aliphatic heterocycles. The van der Waals surface area contributed by atoms with E-state index in [2.05, 4.69) is 10.3 Å². The van der Waals surface area contributed by atoms with Crippen LogP contribution < -0.4 is 5.32 Å². The molecular formula is C27H39N3O5. The highest BCUT2D eigenvalue weighted by Gasteiger charge is 2.32. The number of amidine groups is 1. The first-order valence-electron chi connectivity index (χ1n) is 12.1. The van der Waals surface area contributed by atoms with Gasteiger partial charge in [0.2, 0.25) is 5.91 Å². The van der Waals surface area contributed by atoms with Gasteiger partial charge in [0.25, 0.3) is 0 Å². The van der Waals surface area contributed by atoms with Gasteiger partial charge in [-0.15, -0.1) is 0 Å². The second kappa shape index (κ2) is 11.5. The molecule has 0 aromatic heterocycles. The van der Waals surface area contributed by atoms with E-state index in [1.54, 1.807) is 40.7 Å². The van der Waals surface area contributed by atoms with E-state index in [4.69, 9.17) is 9.47 Å². The minimum Gasteiger partial charge on any atom is -0.468 e. The number of alkyl carbamates (subject to hydrolysis) is 1. The molecule has 8 nitrogen and oxygen atoms in total. The Balaban J connectivity index is 2.56. The van der Waals surface area contributed by atoms with Crippen LogP contribution in [0.3, 0.4) is 0 Å². The number of carbonyl (C=O) groups is 3. The van der Waals surface area contributed by atoms with E-state index in [1.807, 2.05) is 37.0 Å². The summed E-state index contributed by atoms with van der Waals surface area (Å²) in [5.41, 5.74) is 0.938. The first-order valence-corrected chi connectivity index (χ1v) is 12.1. The lowest BCUT2D eigenvalue weighted by molar-refractivity contribution is -0.146. The van der Waals surface area contributed by atoms with Gasteiger partial charge < -0.3 is 14.4 Å². The van der Waals surface area contributed by atoms with Crippen molar-refractivity contribution in [2.75, 3.05) is 20.2 Å². The standard InChI is InChI=1S/C27H39N3O5/c1-9-13-30(14-10-2)23(31)19-15-18-11-12-20(27(6,7)24(32)34-8)17-21(18)28-22(16-19)29-25(33)35-26(3,4)5/h11-12,15,17H,9-10,13-14,16H2,1-8H3,(H,28,29,33). The van der Waals surface area contributed by atoms with Crippen LogP contribution in [0.1, 0.15) is 78.9 Å². The molecule has 0 aliphatic carbocycles. The van der Waals surface area contributed by atoms with E-state index < -0.39 is 17.1 Å². The van der Waals surface area contributed by atoms with Crippen molar-refractivity contribution in [1.29, 1.82) is 0 Å². The van der Waals surface area contributed by atoms with Crippen LogP contribution in [-0.4, -0.2) is 54.5 Å². The molecule has 0 fully saturated rings. The average molecular weight is 486 g/mol. The third-order valence-electron chi connectivity index (χ3n) is 5.59. The van der Waals surface area contributed by atoms with Crippen molar-refractivity contribution >= 4 is 35.6 Å². The first kappa shape index (κ1) is 28.1. The van der Waals surface area contributed by atoms with Crippen LogP contribution in [0.5, 0.6) is 0 Å². The number of amides is 2. The molecule has 1 aromatic rings. The number of aliphatic imine (C=N–C) groups is 1. The second-order valence-electron chi connectivity index (χ2n) is 10.2. The van der Waals surface area contributed by atoms with Crippen molar-refractivity contribution in [2.45, 2.75) is 78.7 Å². The van der Waals surface area contributed by atoms with Crippen LogP contribution in [-0.2, 0) is 24.5 Å². The quantitative estimate of drug-likeness (QED) is 0.540. The molecule has 0 unspecified atom stereocenters. The fraction of sp³-hybridized carbons (Fsp3) is 0.556. The number of rotatable bonds is 7. The summed E-state index contributed by atoms with van der Waals surface area (Å²) in [6, 6.07) is 5.47. The van der Waals surface area contributed by atoms with Crippen molar-refractivity contribution in [2.24, 2.45) is 4.99 Å². The molecule has 0 saturated heterocycles. The normalized spacial score (nSPS) is 13.6. The number of benzene rings is 1. The Morgan fingerprint density at radius 2 is 1.69 bits per heavy atom. The number of nitrogens with one attached hydrogen (secondary N) is 1. The van der Waals surface area contributed by atoms with Crippen molar-refractivity contribution in [3.63, 3.8) is 0 Å². The first-order chi connectivity index (χ1) is 16.3. The maximum Gasteiger partial charge on any atom is 0.413 e. The maximum atomic E-state index is 13.5. The van der Waals surface area contributed by atoms with Crippen LogP contribution >= 0.6 is 0 Å². The van der Waals surface area contributed by atoms with E-state index in [0.717, 1.165) is 18.4 Å². The lowest BCUT2D eigenvalue weighted by atomic mass is 9.84. The highest BCUT2D eigenvalue weighted by atomic mass is 16.6. The van der Waals surface area contributed by atoms with Gasteiger partial charge >= 0.3 is 12.1 Å². The Morgan fingerprint density at radius 1 is 1.06 bits per heavy atom. The van der Waals surface area contributed by atoms with Gasteiger partial charge in [-0.2, -0.15) is 0 Å². The molecule has 8 heteroatoms. The Bertz CT molecular complexity index is 1010. The second-order valence-corrected chi connectivity index (χ2v) is 10.2. The SMILES string of the molecule is CCCN(CCC)C(=O)C1=Cc2ccc(C(C)(C)C(=O)OC)cc2N=C(NC(=O)OC(C)(C)C)C1. The summed E-state index contributed by atoms with van der Waals surface area (Å²) in [7, 11) is 1.35. The lowest BCUT2D eigenvalue weighted by Gasteiger charge is -2.23. The minimum absolute atomic E-state index is 0.0841. The van der Waals surface area contributed by atoms with Crippen LogP contribution in [0, 0.1) is 0 Å². The molecule has 2 rings (SSSR count). The maximum absolute atomic E-state index is 13.5. The Morgan fingerprint density at radius 3 is 2.23 bits per heavy atom. The predicted molar refractivity (Wildman–Crippen MR) is 138 cm³/mol. The molecule has 1 aromatic carbocycles. The Kier molecular flexibility index (Phi) is 9.24. The van der Waals surface area contributed by atoms with E-state index in [0.29, 0.717) is 35.7 Å². The molecule has 35 heavy (non-hydrogen) atoms. The summed E-state index contributed by atoms with van der Waals surface area (Å²) in [6.07, 6.45) is 3.01. The van der Waals surface area contributed by atoms with Crippen LogP contribution in [0.15, 0.2) is 28.8 Å². The van der Waals surface area contributed by atoms with Crippen LogP contribution in [0.25, 0.3) is 6.08 Å². The predicted octanol–water partition coefficient (Wildman–Crippen LogP) is 5.13. The Labute approximate surface area is 208 Å². The van der Waals surface area contributed by atoms with Gasteiger partial charge in [0, 0.05) is 30.6 Å². The number of fused-ring (bicyclic) bond motifs is 1. The molecule has 1 heterocycles. The summed E-state index contributed by atoms with van der Waals surface area (Å²) in [6.45, 7) is 14.3. The fourth-order valence-corrected chi connectivity index (χ4v) is 3.82. The number of methoxy groups -OCH3 is 1. The van der Waals surface area contributed by atoms with Gasteiger partial charge in [-0.25, -0.2) is 9.79 Å². The number of carbonyl (C=O) groups excluding carboxylic acids is 3. The van der Waals surface area contributed by atoms with E-state index in [1.165, 1.54) is 7.11 Å². The molecule has 192 valence electrons. The summed E-state index contributed by atoms with van der Waals surface area (Å²) in [5, 5.41) is 2.72.